The first-order chi connectivity index (χ1) is 10.1. The van der Waals surface area contributed by atoms with Gasteiger partial charge in [0.25, 0.3) is 0 Å². The predicted octanol–water partition coefficient (Wildman–Crippen LogP) is 2.93. The van der Waals surface area contributed by atoms with Crippen LogP contribution in [0.2, 0.25) is 0 Å². The van der Waals surface area contributed by atoms with Crippen molar-refractivity contribution >= 4 is 11.9 Å². The highest BCUT2D eigenvalue weighted by Crippen LogP contribution is 2.41. The summed E-state index contributed by atoms with van der Waals surface area (Å²) in [7, 11) is 3.58. The van der Waals surface area contributed by atoms with Gasteiger partial charge in [0.1, 0.15) is 12.0 Å². The number of ether oxygens (including phenoxy) is 1. The molecule has 0 saturated carbocycles. The first-order valence-electron chi connectivity index (χ1n) is 8.39. The van der Waals surface area contributed by atoms with Crippen molar-refractivity contribution in [2.45, 2.75) is 72.6 Å². The first-order valence-corrected chi connectivity index (χ1v) is 8.39. The first kappa shape index (κ1) is 20.1. The fourth-order valence-electron chi connectivity index (χ4n) is 4.39. The number of carbonyl (C=O) groups is 2. The van der Waals surface area contributed by atoms with Crippen LogP contribution in [-0.2, 0) is 14.3 Å². The minimum Gasteiger partial charge on any atom is -0.481 e. The van der Waals surface area contributed by atoms with Crippen molar-refractivity contribution in [3.63, 3.8) is 0 Å². The molecular formula is C18H34NO4+. The summed E-state index contributed by atoms with van der Waals surface area (Å²) in [5.41, 5.74) is -0.238. The van der Waals surface area contributed by atoms with Crippen molar-refractivity contribution in [1.29, 1.82) is 0 Å². The van der Waals surface area contributed by atoms with Gasteiger partial charge in [-0.05, 0) is 39.5 Å². The fourth-order valence-corrected chi connectivity index (χ4v) is 4.39. The molecule has 1 heterocycles. The van der Waals surface area contributed by atoms with E-state index in [1.807, 2.05) is 20.8 Å². The number of carbonyl (C=O) groups excluding carboxylic acids is 1. The zero-order chi connectivity index (χ0) is 18.4. The quantitative estimate of drug-likeness (QED) is 0.601. The lowest BCUT2D eigenvalue weighted by molar-refractivity contribution is -0.883. The molecule has 4 atom stereocenters. The van der Waals surface area contributed by atoms with E-state index in [0.717, 1.165) is 6.42 Å². The van der Waals surface area contributed by atoms with Gasteiger partial charge >= 0.3 is 11.9 Å². The molecule has 1 aliphatic heterocycles. The molecule has 23 heavy (non-hydrogen) atoms. The number of quaternary nitrogens is 1. The Morgan fingerprint density at radius 2 is 1.70 bits per heavy atom. The average molecular weight is 328 g/mol. The van der Waals surface area contributed by atoms with E-state index in [-0.39, 0.29) is 39.5 Å². The maximum absolute atomic E-state index is 12.5. The second-order valence-corrected chi connectivity index (χ2v) is 9.34. The summed E-state index contributed by atoms with van der Waals surface area (Å²) in [6.45, 7) is 14.1. The zero-order valence-corrected chi connectivity index (χ0v) is 16.1. The third-order valence-corrected chi connectivity index (χ3v) is 4.83. The maximum Gasteiger partial charge on any atom is 0.325 e. The molecule has 134 valence electrons. The second-order valence-electron chi connectivity index (χ2n) is 9.34. The van der Waals surface area contributed by atoms with Crippen LogP contribution in [0.4, 0.5) is 0 Å². The van der Waals surface area contributed by atoms with E-state index in [4.69, 9.17) is 4.74 Å². The molecule has 0 aromatic carbocycles. The number of amides is 1. The van der Waals surface area contributed by atoms with Crippen LogP contribution in [0.15, 0.2) is 0 Å². The van der Waals surface area contributed by atoms with Crippen LogP contribution < -0.4 is 0 Å². The van der Waals surface area contributed by atoms with Crippen LogP contribution in [-0.4, -0.2) is 53.3 Å². The van der Waals surface area contributed by atoms with Crippen molar-refractivity contribution in [2.75, 3.05) is 14.1 Å². The van der Waals surface area contributed by atoms with Gasteiger partial charge in [-0.25, -0.2) is 4.79 Å². The minimum absolute atomic E-state index is 0.0576. The number of β-lactam (4-membered cyclic amide) rings is 1. The Morgan fingerprint density at radius 3 is 2.09 bits per heavy atom. The molecule has 4 unspecified atom stereocenters. The van der Waals surface area contributed by atoms with Gasteiger partial charge in [0, 0.05) is 0 Å². The van der Waals surface area contributed by atoms with Gasteiger partial charge in [-0.3, -0.25) is 9.28 Å². The maximum atomic E-state index is 12.5. The molecule has 0 bridgehead atoms. The van der Waals surface area contributed by atoms with Gasteiger partial charge in [-0.15, -0.1) is 0 Å². The predicted molar refractivity (Wildman–Crippen MR) is 89.9 cm³/mol. The van der Waals surface area contributed by atoms with Crippen LogP contribution in [0, 0.1) is 17.3 Å². The van der Waals surface area contributed by atoms with Crippen LogP contribution in [0.5, 0.6) is 0 Å². The average Bonchev–Trinajstić information content (AvgIpc) is 2.29. The van der Waals surface area contributed by atoms with Crippen molar-refractivity contribution in [3.05, 3.63) is 0 Å². The van der Waals surface area contributed by atoms with Gasteiger partial charge in [-0.2, -0.15) is 0 Å². The number of likely N-dealkylation sites (tertiary alicyclic amines) is 1. The number of rotatable bonds is 6. The molecule has 1 fully saturated rings. The summed E-state index contributed by atoms with van der Waals surface area (Å²) in [5.74, 6) is -1.75. The highest BCUT2D eigenvalue weighted by Gasteiger charge is 2.64. The summed E-state index contributed by atoms with van der Waals surface area (Å²) in [6, 6.07) is -0.250. The van der Waals surface area contributed by atoms with E-state index in [0.29, 0.717) is 0 Å². The molecule has 0 aliphatic carbocycles. The molecule has 1 amide bonds. The number of nitrogens with zero attached hydrogens (tertiary/aromatic N) is 1. The lowest BCUT2D eigenvalue weighted by Crippen LogP contribution is -2.76. The topological polar surface area (TPSA) is 63.6 Å². The molecule has 1 saturated heterocycles. The Bertz CT molecular complexity index is 476. The Labute approximate surface area is 140 Å². The third-order valence-electron chi connectivity index (χ3n) is 4.83. The van der Waals surface area contributed by atoms with E-state index in [1.54, 1.807) is 21.0 Å². The minimum atomic E-state index is -0.861. The molecule has 0 radical (unpaired) electrons. The van der Waals surface area contributed by atoms with Crippen LogP contribution in [0.25, 0.3) is 0 Å². The second kappa shape index (κ2) is 6.17. The summed E-state index contributed by atoms with van der Waals surface area (Å²) >= 11 is 0. The van der Waals surface area contributed by atoms with E-state index in [9.17, 15) is 14.7 Å². The van der Waals surface area contributed by atoms with Crippen molar-refractivity contribution in [1.82, 2.24) is 0 Å². The molecule has 1 aliphatic rings. The molecule has 0 spiro atoms. The van der Waals surface area contributed by atoms with Gasteiger partial charge < -0.3 is 9.84 Å². The van der Waals surface area contributed by atoms with Gasteiger partial charge in [0.05, 0.1) is 25.8 Å². The SMILES string of the molecule is CC(OC(C)(C)CC(C)(C)C)C1C(=O)[N+](C)(C)C1C(C)C(=O)O. The van der Waals surface area contributed by atoms with Crippen LogP contribution in [0.3, 0.4) is 0 Å². The van der Waals surface area contributed by atoms with Gasteiger partial charge in [-0.1, -0.05) is 20.8 Å². The smallest absolute Gasteiger partial charge is 0.325 e. The number of carboxylic acids is 1. The van der Waals surface area contributed by atoms with E-state index in [2.05, 4.69) is 20.8 Å². The lowest BCUT2D eigenvalue weighted by atomic mass is 9.74. The molecule has 5 heteroatoms. The molecule has 0 aromatic rings. The lowest BCUT2D eigenvalue weighted by Gasteiger charge is -2.53. The normalized spacial score (nSPS) is 27.3. The van der Waals surface area contributed by atoms with E-state index < -0.39 is 11.9 Å². The Hall–Kier alpha value is -0.940. The summed E-state index contributed by atoms with van der Waals surface area (Å²) in [6.07, 6.45) is 0.570. The van der Waals surface area contributed by atoms with E-state index in [1.165, 1.54) is 0 Å². The van der Waals surface area contributed by atoms with Gasteiger partial charge in [0.2, 0.25) is 0 Å². The number of hydrogen-bond acceptors (Lipinski definition) is 3. The van der Waals surface area contributed by atoms with Gasteiger partial charge in [0.15, 0.2) is 5.92 Å². The molecular weight excluding hydrogens is 294 g/mol. The number of aliphatic carboxylic acids is 1. The van der Waals surface area contributed by atoms with Crippen LogP contribution >= 0.6 is 0 Å². The summed E-state index contributed by atoms with van der Waals surface area (Å²) in [5, 5.41) is 9.36. The number of hydrogen-bond donors (Lipinski definition) is 1. The highest BCUT2D eigenvalue weighted by molar-refractivity contribution is 5.81. The largest absolute Gasteiger partial charge is 0.481 e. The summed E-state index contributed by atoms with van der Waals surface area (Å²) in [4.78, 5) is 23.9. The molecule has 5 nitrogen and oxygen atoms in total. The zero-order valence-electron chi connectivity index (χ0n) is 16.1. The van der Waals surface area contributed by atoms with E-state index >= 15 is 0 Å². The fraction of sp³-hybridized carbons (Fsp3) is 0.889. The number of carboxylic acid groups (broad SMARTS) is 1. The molecule has 1 N–H and O–H groups in total. The van der Waals surface area contributed by atoms with Crippen LogP contribution in [0.1, 0.15) is 54.9 Å². The highest BCUT2D eigenvalue weighted by atomic mass is 16.5. The van der Waals surface area contributed by atoms with Crippen molar-refractivity contribution < 1.29 is 23.9 Å². The Kier molecular flexibility index (Phi) is 5.39. The van der Waals surface area contributed by atoms with Crippen molar-refractivity contribution in [3.8, 4) is 0 Å². The standard InChI is InChI=1S/C18H33NO4/c1-11(16(21)22)14-13(15(20)19(14,8)9)12(2)23-18(6,7)10-17(3,4)5/h11-14H,10H2,1-9H3/p+1. The Balaban J connectivity index is 2.91. The molecule has 0 aromatic heterocycles. The molecule has 1 rings (SSSR count). The van der Waals surface area contributed by atoms with Crippen molar-refractivity contribution in [2.24, 2.45) is 17.3 Å². The Morgan fingerprint density at radius 1 is 1.22 bits per heavy atom. The third kappa shape index (κ3) is 4.32. The summed E-state index contributed by atoms with van der Waals surface area (Å²) < 4.78 is 6.33. The monoisotopic (exact) mass is 328 g/mol.